The number of aromatic nitrogens is 2. The molecule has 0 unspecified atom stereocenters. The Balaban J connectivity index is 2.37. The van der Waals surface area contributed by atoms with Crippen LogP contribution in [0.1, 0.15) is 12.7 Å². The molecule has 2 aromatic carbocycles. The summed E-state index contributed by atoms with van der Waals surface area (Å²) in [5.74, 6) is 0.479. The summed E-state index contributed by atoms with van der Waals surface area (Å²) in [6, 6.07) is 11.0. The molecule has 0 bridgehead atoms. The molecular formula is C17H14ClFN2O2. The minimum Gasteiger partial charge on any atom is -0.492 e. The summed E-state index contributed by atoms with van der Waals surface area (Å²) in [6.45, 7) is 2.31. The van der Waals surface area contributed by atoms with Gasteiger partial charge in [0, 0.05) is 0 Å². The highest BCUT2D eigenvalue weighted by Crippen LogP contribution is 2.24. The van der Waals surface area contributed by atoms with Crippen LogP contribution >= 0.6 is 11.6 Å². The Labute approximate surface area is 137 Å². The van der Waals surface area contributed by atoms with Crippen LogP contribution in [-0.4, -0.2) is 16.2 Å². The molecule has 0 aliphatic heterocycles. The number of nitrogens with zero attached hydrogens (tertiary/aromatic N) is 2. The van der Waals surface area contributed by atoms with Crippen LogP contribution in [0.3, 0.4) is 0 Å². The Morgan fingerprint density at radius 2 is 2.04 bits per heavy atom. The van der Waals surface area contributed by atoms with E-state index >= 15 is 0 Å². The van der Waals surface area contributed by atoms with Gasteiger partial charge in [0.05, 0.1) is 29.1 Å². The first-order chi connectivity index (χ1) is 11.2. The van der Waals surface area contributed by atoms with Crippen molar-refractivity contribution in [2.24, 2.45) is 0 Å². The number of benzene rings is 2. The van der Waals surface area contributed by atoms with Gasteiger partial charge in [0.15, 0.2) is 0 Å². The Bertz CT molecular complexity index is 924. The van der Waals surface area contributed by atoms with Crippen molar-refractivity contribution in [2.75, 3.05) is 6.61 Å². The van der Waals surface area contributed by atoms with Crippen LogP contribution in [0.15, 0.2) is 47.3 Å². The fourth-order valence-electron chi connectivity index (χ4n) is 2.46. The molecule has 6 heteroatoms. The smallest absolute Gasteiger partial charge is 0.266 e. The Hall–Kier alpha value is -2.40. The Morgan fingerprint density at radius 3 is 2.78 bits per heavy atom. The predicted molar refractivity (Wildman–Crippen MR) is 88.0 cm³/mol. The number of para-hydroxylation sites is 2. The number of fused-ring (bicyclic) bond motifs is 1. The molecule has 118 valence electrons. The van der Waals surface area contributed by atoms with Crippen LogP contribution in [0.5, 0.6) is 5.75 Å². The van der Waals surface area contributed by atoms with Crippen molar-refractivity contribution in [1.29, 1.82) is 0 Å². The number of alkyl halides is 1. The van der Waals surface area contributed by atoms with Crippen LogP contribution in [0.25, 0.3) is 16.6 Å². The van der Waals surface area contributed by atoms with Gasteiger partial charge in [-0.3, -0.25) is 9.36 Å². The SMILES string of the molecule is CCOc1ccccc1-n1c(CCl)nc2ccc(F)cc2c1=O. The molecule has 0 radical (unpaired) electrons. The third-order valence-corrected chi connectivity index (χ3v) is 3.66. The molecule has 0 aliphatic rings. The highest BCUT2D eigenvalue weighted by Gasteiger charge is 2.15. The largest absolute Gasteiger partial charge is 0.492 e. The number of rotatable bonds is 4. The lowest BCUT2D eigenvalue weighted by Gasteiger charge is -2.15. The van der Waals surface area contributed by atoms with Gasteiger partial charge in [-0.2, -0.15) is 0 Å². The highest BCUT2D eigenvalue weighted by molar-refractivity contribution is 6.16. The van der Waals surface area contributed by atoms with Gasteiger partial charge >= 0.3 is 0 Å². The van der Waals surface area contributed by atoms with Crippen LogP contribution in [0.2, 0.25) is 0 Å². The monoisotopic (exact) mass is 332 g/mol. The molecule has 0 N–H and O–H groups in total. The normalized spacial score (nSPS) is 10.9. The number of hydrogen-bond acceptors (Lipinski definition) is 3. The van der Waals surface area contributed by atoms with Gasteiger partial charge in [0.25, 0.3) is 5.56 Å². The standard InChI is InChI=1S/C17H14ClFN2O2/c1-2-23-15-6-4-3-5-14(15)21-16(10-18)20-13-8-7-11(19)9-12(13)17(21)22/h3-9H,2,10H2,1H3. The molecule has 0 amide bonds. The van der Waals surface area contributed by atoms with E-state index in [2.05, 4.69) is 4.98 Å². The quantitative estimate of drug-likeness (QED) is 0.685. The van der Waals surface area contributed by atoms with E-state index in [0.717, 1.165) is 0 Å². The van der Waals surface area contributed by atoms with Gasteiger partial charge in [-0.15, -0.1) is 11.6 Å². The predicted octanol–water partition coefficient (Wildman–Crippen LogP) is 3.66. The van der Waals surface area contributed by atoms with E-state index in [1.807, 2.05) is 13.0 Å². The first kappa shape index (κ1) is 15.5. The molecule has 0 saturated heterocycles. The molecule has 0 saturated carbocycles. The van der Waals surface area contributed by atoms with Crippen LogP contribution in [0.4, 0.5) is 4.39 Å². The van der Waals surface area contributed by atoms with Crippen molar-refractivity contribution in [3.63, 3.8) is 0 Å². The van der Waals surface area contributed by atoms with E-state index in [9.17, 15) is 9.18 Å². The summed E-state index contributed by atoms with van der Waals surface area (Å²) in [7, 11) is 0. The first-order valence-corrected chi connectivity index (χ1v) is 7.68. The zero-order valence-electron chi connectivity index (χ0n) is 12.4. The number of halogens is 2. The average molecular weight is 333 g/mol. The molecule has 3 aromatic rings. The van der Waals surface area contributed by atoms with Crippen LogP contribution in [-0.2, 0) is 5.88 Å². The average Bonchev–Trinajstić information content (AvgIpc) is 2.56. The van der Waals surface area contributed by atoms with Gasteiger partial charge in [-0.05, 0) is 37.3 Å². The van der Waals surface area contributed by atoms with Crippen molar-refractivity contribution in [3.05, 3.63) is 64.5 Å². The lowest BCUT2D eigenvalue weighted by Crippen LogP contribution is -2.24. The van der Waals surface area contributed by atoms with E-state index in [1.165, 1.54) is 22.8 Å². The molecule has 23 heavy (non-hydrogen) atoms. The zero-order valence-corrected chi connectivity index (χ0v) is 13.2. The Morgan fingerprint density at radius 1 is 1.26 bits per heavy atom. The van der Waals surface area contributed by atoms with E-state index in [-0.39, 0.29) is 16.8 Å². The van der Waals surface area contributed by atoms with Crippen molar-refractivity contribution < 1.29 is 9.13 Å². The number of ether oxygens (including phenoxy) is 1. The third-order valence-electron chi connectivity index (χ3n) is 3.43. The molecule has 1 heterocycles. The molecule has 0 atom stereocenters. The molecule has 4 nitrogen and oxygen atoms in total. The second-order valence-corrected chi connectivity index (χ2v) is 5.13. The highest BCUT2D eigenvalue weighted by atomic mass is 35.5. The maximum atomic E-state index is 13.5. The topological polar surface area (TPSA) is 44.1 Å². The van der Waals surface area contributed by atoms with Gasteiger partial charge < -0.3 is 4.74 Å². The fraction of sp³-hybridized carbons (Fsp3) is 0.176. The summed E-state index contributed by atoms with van der Waals surface area (Å²) >= 11 is 5.98. The molecule has 3 rings (SSSR count). The van der Waals surface area contributed by atoms with Gasteiger partial charge in [-0.25, -0.2) is 9.37 Å². The first-order valence-electron chi connectivity index (χ1n) is 7.15. The minimum absolute atomic E-state index is 0.0447. The van der Waals surface area contributed by atoms with Crippen molar-refractivity contribution in [2.45, 2.75) is 12.8 Å². The lowest BCUT2D eigenvalue weighted by molar-refractivity contribution is 0.338. The van der Waals surface area contributed by atoms with Crippen molar-refractivity contribution in [1.82, 2.24) is 9.55 Å². The summed E-state index contributed by atoms with van der Waals surface area (Å²) in [6.07, 6.45) is 0. The summed E-state index contributed by atoms with van der Waals surface area (Å²) in [4.78, 5) is 17.2. The molecule has 0 fully saturated rings. The van der Waals surface area contributed by atoms with Crippen LogP contribution in [0, 0.1) is 5.82 Å². The van der Waals surface area contributed by atoms with Gasteiger partial charge in [-0.1, -0.05) is 12.1 Å². The summed E-state index contributed by atoms with van der Waals surface area (Å²) in [5, 5.41) is 0.199. The van der Waals surface area contributed by atoms with E-state index in [4.69, 9.17) is 16.3 Å². The summed E-state index contributed by atoms with van der Waals surface area (Å²) < 4.78 is 20.5. The maximum Gasteiger partial charge on any atom is 0.266 e. The van der Waals surface area contributed by atoms with Gasteiger partial charge in [0.2, 0.25) is 0 Å². The molecule has 1 aromatic heterocycles. The van der Waals surface area contributed by atoms with Crippen molar-refractivity contribution >= 4 is 22.5 Å². The Kier molecular flexibility index (Phi) is 4.30. The molecule has 0 aliphatic carbocycles. The second kappa shape index (κ2) is 6.38. The molecule has 0 spiro atoms. The van der Waals surface area contributed by atoms with Gasteiger partial charge in [0.1, 0.15) is 17.4 Å². The lowest BCUT2D eigenvalue weighted by atomic mass is 10.2. The molecular weight excluding hydrogens is 319 g/mol. The van der Waals surface area contributed by atoms with E-state index < -0.39 is 5.82 Å². The third kappa shape index (κ3) is 2.80. The zero-order chi connectivity index (χ0) is 16.4. The van der Waals surface area contributed by atoms with Crippen LogP contribution < -0.4 is 10.3 Å². The van der Waals surface area contributed by atoms with Crippen molar-refractivity contribution in [3.8, 4) is 11.4 Å². The van der Waals surface area contributed by atoms with E-state index in [1.54, 1.807) is 18.2 Å². The maximum absolute atomic E-state index is 13.5. The second-order valence-electron chi connectivity index (χ2n) is 4.86. The van der Waals surface area contributed by atoms with E-state index in [0.29, 0.717) is 29.4 Å². The summed E-state index contributed by atoms with van der Waals surface area (Å²) in [5.41, 5.74) is 0.572. The fourth-order valence-corrected chi connectivity index (χ4v) is 2.64. The minimum atomic E-state index is -0.486. The number of hydrogen-bond donors (Lipinski definition) is 0.